The zero-order valence-electron chi connectivity index (χ0n) is 16.4. The number of rotatable bonds is 16. The van der Waals surface area contributed by atoms with Crippen LogP contribution in [0.1, 0.15) is 97.8 Å². The van der Waals surface area contributed by atoms with Crippen molar-refractivity contribution in [3.63, 3.8) is 0 Å². The Balaban J connectivity index is 3.19. The van der Waals surface area contributed by atoms with Gasteiger partial charge < -0.3 is 9.47 Å². The Labute approximate surface area is 150 Å². The van der Waals surface area contributed by atoms with E-state index in [2.05, 4.69) is 32.9 Å². The minimum Gasteiger partial charge on any atom is -0.434 e. The molecule has 0 saturated heterocycles. The van der Waals surface area contributed by atoms with E-state index in [1.807, 2.05) is 0 Å². The SMILES string of the molecule is CCCCC=CCCCCCCCCOC(=O)OCCCC(C)C. The van der Waals surface area contributed by atoms with Crippen LogP contribution in [0.3, 0.4) is 0 Å². The minimum atomic E-state index is -0.506. The maximum Gasteiger partial charge on any atom is 0.508 e. The lowest BCUT2D eigenvalue weighted by Crippen LogP contribution is -2.09. The molecule has 0 fully saturated rings. The van der Waals surface area contributed by atoms with Gasteiger partial charge >= 0.3 is 6.16 Å². The molecule has 0 bridgehead atoms. The summed E-state index contributed by atoms with van der Waals surface area (Å²) in [5.74, 6) is 0.654. The molecule has 0 aliphatic heterocycles. The highest BCUT2D eigenvalue weighted by molar-refractivity contribution is 5.59. The zero-order valence-corrected chi connectivity index (χ0v) is 16.4. The summed E-state index contributed by atoms with van der Waals surface area (Å²) < 4.78 is 10.1. The van der Waals surface area contributed by atoms with Crippen LogP contribution in [0.15, 0.2) is 12.2 Å². The summed E-state index contributed by atoms with van der Waals surface area (Å²) in [7, 11) is 0. The fourth-order valence-electron chi connectivity index (χ4n) is 2.47. The van der Waals surface area contributed by atoms with Crippen molar-refractivity contribution in [3.05, 3.63) is 12.2 Å². The average molecular weight is 341 g/mol. The van der Waals surface area contributed by atoms with Gasteiger partial charge in [-0.1, -0.05) is 71.4 Å². The Morgan fingerprint density at radius 2 is 1.33 bits per heavy atom. The van der Waals surface area contributed by atoms with Gasteiger partial charge in [0.1, 0.15) is 0 Å². The molecule has 24 heavy (non-hydrogen) atoms. The van der Waals surface area contributed by atoms with Crippen molar-refractivity contribution in [2.75, 3.05) is 13.2 Å². The minimum absolute atomic E-state index is 0.476. The van der Waals surface area contributed by atoms with Gasteiger partial charge in [-0.05, 0) is 44.4 Å². The van der Waals surface area contributed by atoms with Crippen molar-refractivity contribution in [1.82, 2.24) is 0 Å². The highest BCUT2D eigenvalue weighted by atomic mass is 16.7. The molecule has 0 amide bonds. The summed E-state index contributed by atoms with van der Waals surface area (Å²) >= 11 is 0. The monoisotopic (exact) mass is 340 g/mol. The molecule has 0 unspecified atom stereocenters. The third kappa shape index (κ3) is 19.1. The number of unbranched alkanes of at least 4 members (excludes halogenated alkanes) is 8. The van der Waals surface area contributed by atoms with Gasteiger partial charge in [0.05, 0.1) is 13.2 Å². The van der Waals surface area contributed by atoms with Crippen LogP contribution >= 0.6 is 0 Å². The van der Waals surface area contributed by atoms with Crippen LogP contribution in [0.5, 0.6) is 0 Å². The normalized spacial score (nSPS) is 11.3. The molecule has 0 rings (SSSR count). The van der Waals surface area contributed by atoms with Gasteiger partial charge in [-0.2, -0.15) is 0 Å². The lowest BCUT2D eigenvalue weighted by atomic mass is 10.1. The number of carbonyl (C=O) groups is 1. The maximum absolute atomic E-state index is 11.3. The van der Waals surface area contributed by atoms with Gasteiger partial charge in [0.2, 0.25) is 0 Å². The Hall–Kier alpha value is -0.990. The average Bonchev–Trinajstić information content (AvgIpc) is 2.55. The lowest BCUT2D eigenvalue weighted by Gasteiger charge is -2.07. The van der Waals surface area contributed by atoms with Gasteiger partial charge in [0, 0.05) is 0 Å². The van der Waals surface area contributed by atoms with Crippen molar-refractivity contribution in [1.29, 1.82) is 0 Å². The highest BCUT2D eigenvalue weighted by Crippen LogP contribution is 2.09. The van der Waals surface area contributed by atoms with E-state index in [9.17, 15) is 4.79 Å². The Kier molecular flexibility index (Phi) is 17.6. The molecule has 0 aromatic rings. The van der Waals surface area contributed by atoms with E-state index in [-0.39, 0.29) is 0 Å². The summed E-state index contributed by atoms with van der Waals surface area (Å²) in [5, 5.41) is 0. The smallest absolute Gasteiger partial charge is 0.434 e. The van der Waals surface area contributed by atoms with Crippen molar-refractivity contribution in [3.8, 4) is 0 Å². The molecule has 0 N–H and O–H groups in total. The highest BCUT2D eigenvalue weighted by Gasteiger charge is 2.03. The third-order valence-electron chi connectivity index (χ3n) is 4.02. The molecular weight excluding hydrogens is 300 g/mol. The van der Waals surface area contributed by atoms with Crippen LogP contribution in [-0.4, -0.2) is 19.4 Å². The topological polar surface area (TPSA) is 35.5 Å². The molecule has 0 radical (unpaired) electrons. The third-order valence-corrected chi connectivity index (χ3v) is 4.02. The second kappa shape index (κ2) is 18.4. The molecule has 0 spiro atoms. The summed E-state index contributed by atoms with van der Waals surface area (Å²) in [5.41, 5.74) is 0. The molecule has 0 heterocycles. The fourth-order valence-corrected chi connectivity index (χ4v) is 2.47. The lowest BCUT2D eigenvalue weighted by molar-refractivity contribution is 0.0524. The standard InChI is InChI=1S/C21H40O3/c1-4-5-6-7-8-9-10-11-12-13-14-15-18-23-21(22)24-19-16-17-20(2)3/h7-8,20H,4-6,9-19H2,1-3H3. The molecule has 0 saturated carbocycles. The Morgan fingerprint density at radius 3 is 1.96 bits per heavy atom. The van der Waals surface area contributed by atoms with E-state index in [0.717, 1.165) is 25.7 Å². The quantitative estimate of drug-likeness (QED) is 0.171. The number of hydrogen-bond acceptors (Lipinski definition) is 3. The molecule has 0 aliphatic carbocycles. The second-order valence-electron chi connectivity index (χ2n) is 7.01. The molecule has 3 heteroatoms. The predicted octanol–water partition coefficient (Wildman–Crippen LogP) is 7.05. The summed E-state index contributed by atoms with van der Waals surface area (Å²) in [6.45, 7) is 7.54. The first-order valence-corrected chi connectivity index (χ1v) is 10.1. The van der Waals surface area contributed by atoms with Crippen LogP contribution in [0.2, 0.25) is 0 Å². The molecule has 0 atom stereocenters. The predicted molar refractivity (Wildman–Crippen MR) is 102 cm³/mol. The van der Waals surface area contributed by atoms with Crippen LogP contribution in [0.4, 0.5) is 4.79 Å². The van der Waals surface area contributed by atoms with Gasteiger partial charge in [-0.3, -0.25) is 0 Å². The van der Waals surface area contributed by atoms with Gasteiger partial charge in [0.15, 0.2) is 0 Å². The van der Waals surface area contributed by atoms with E-state index in [4.69, 9.17) is 9.47 Å². The van der Waals surface area contributed by atoms with Crippen LogP contribution < -0.4 is 0 Å². The van der Waals surface area contributed by atoms with E-state index in [1.165, 1.54) is 51.4 Å². The van der Waals surface area contributed by atoms with E-state index in [0.29, 0.717) is 19.1 Å². The number of ether oxygens (including phenoxy) is 2. The largest absolute Gasteiger partial charge is 0.508 e. The zero-order chi connectivity index (χ0) is 17.9. The van der Waals surface area contributed by atoms with E-state index in [1.54, 1.807) is 0 Å². The van der Waals surface area contributed by atoms with E-state index >= 15 is 0 Å². The molecular formula is C21H40O3. The summed E-state index contributed by atoms with van der Waals surface area (Å²) in [4.78, 5) is 11.3. The maximum atomic E-state index is 11.3. The van der Waals surface area contributed by atoms with Gasteiger partial charge in [-0.25, -0.2) is 4.79 Å². The van der Waals surface area contributed by atoms with Gasteiger partial charge in [0.25, 0.3) is 0 Å². The van der Waals surface area contributed by atoms with Gasteiger partial charge in [-0.15, -0.1) is 0 Å². The van der Waals surface area contributed by atoms with Crippen molar-refractivity contribution < 1.29 is 14.3 Å². The first-order valence-electron chi connectivity index (χ1n) is 10.1. The molecule has 3 nitrogen and oxygen atoms in total. The number of allylic oxidation sites excluding steroid dienone is 2. The Morgan fingerprint density at radius 1 is 0.792 bits per heavy atom. The second-order valence-corrected chi connectivity index (χ2v) is 7.01. The molecule has 0 aromatic carbocycles. The van der Waals surface area contributed by atoms with E-state index < -0.39 is 6.16 Å². The van der Waals surface area contributed by atoms with Crippen LogP contribution in [0.25, 0.3) is 0 Å². The van der Waals surface area contributed by atoms with Crippen LogP contribution in [0, 0.1) is 5.92 Å². The molecule has 0 aliphatic rings. The summed E-state index contributed by atoms with van der Waals surface area (Å²) in [6, 6.07) is 0. The molecule has 0 aromatic heterocycles. The summed E-state index contributed by atoms with van der Waals surface area (Å²) in [6.07, 6.45) is 18.4. The number of hydrogen-bond donors (Lipinski definition) is 0. The van der Waals surface area contributed by atoms with Crippen molar-refractivity contribution in [2.45, 2.75) is 97.8 Å². The fraction of sp³-hybridized carbons (Fsp3) is 0.857. The number of carbonyl (C=O) groups excluding carboxylic acids is 1. The molecule has 142 valence electrons. The Bertz CT molecular complexity index is 297. The van der Waals surface area contributed by atoms with Crippen LogP contribution in [-0.2, 0) is 9.47 Å². The first-order chi connectivity index (χ1) is 11.7. The first kappa shape index (κ1) is 23.0. The van der Waals surface area contributed by atoms with Crippen molar-refractivity contribution >= 4 is 6.16 Å². The van der Waals surface area contributed by atoms with Crippen molar-refractivity contribution in [2.24, 2.45) is 5.92 Å².